The van der Waals surface area contributed by atoms with Crippen molar-refractivity contribution in [2.24, 2.45) is 0 Å². The van der Waals surface area contributed by atoms with E-state index < -0.39 is 0 Å². The van der Waals surface area contributed by atoms with Gasteiger partial charge in [0.05, 0.1) is 10.7 Å². The van der Waals surface area contributed by atoms with Crippen LogP contribution in [0, 0.1) is 0 Å². The van der Waals surface area contributed by atoms with E-state index in [4.69, 9.17) is 16.6 Å². The third-order valence-corrected chi connectivity index (χ3v) is 3.77. The van der Waals surface area contributed by atoms with Crippen molar-refractivity contribution < 1.29 is 0 Å². The zero-order valence-electron chi connectivity index (χ0n) is 12.1. The van der Waals surface area contributed by atoms with Crippen LogP contribution in [0.25, 0.3) is 0 Å². The van der Waals surface area contributed by atoms with E-state index in [0.717, 1.165) is 36.0 Å². The van der Waals surface area contributed by atoms with Crippen LogP contribution >= 0.6 is 11.6 Å². The topological polar surface area (TPSA) is 28.2 Å². The molecule has 106 valence electrons. The van der Waals surface area contributed by atoms with E-state index in [1.54, 1.807) is 0 Å². The van der Waals surface area contributed by atoms with E-state index in [1.807, 2.05) is 12.1 Å². The Morgan fingerprint density at radius 2 is 2.16 bits per heavy atom. The number of halogens is 1. The second kappa shape index (κ2) is 6.58. The second-order valence-electron chi connectivity index (χ2n) is 5.54. The van der Waals surface area contributed by atoms with Crippen molar-refractivity contribution in [2.45, 2.75) is 58.7 Å². The third kappa shape index (κ3) is 4.08. The van der Waals surface area contributed by atoms with Gasteiger partial charge in [-0.3, -0.25) is 0 Å². The molecule has 1 N–H and O–H groups in total. The van der Waals surface area contributed by atoms with Gasteiger partial charge in [-0.15, -0.1) is 0 Å². The Balaban J connectivity index is 2.12. The summed E-state index contributed by atoms with van der Waals surface area (Å²) >= 11 is 6.24. The molecule has 3 nitrogen and oxygen atoms in total. The minimum Gasteiger partial charge on any atom is -0.354 e. The number of anilines is 1. The number of hydrogen-bond acceptors (Lipinski definition) is 3. The summed E-state index contributed by atoms with van der Waals surface area (Å²) in [4.78, 5) is 7.07. The van der Waals surface area contributed by atoms with Gasteiger partial charge in [-0.2, -0.15) is 0 Å². The molecule has 0 radical (unpaired) electrons. The number of nitrogens with one attached hydrogen (secondary N) is 1. The molecule has 0 unspecified atom stereocenters. The molecule has 19 heavy (non-hydrogen) atoms. The molecular weight excluding hydrogens is 258 g/mol. The molecule has 4 heteroatoms. The number of pyridine rings is 1. The van der Waals surface area contributed by atoms with Crippen LogP contribution in [0.2, 0.25) is 5.02 Å². The quantitative estimate of drug-likeness (QED) is 0.827. The first-order valence-electron chi connectivity index (χ1n) is 7.27. The standard InChI is InChI=1S/C15H24ClN3/c1-4-9-19(11(2)3)15-8-7-13(16)14(18-15)10-17-12-5-6-12/h7-8,11-12,17H,4-6,9-10H2,1-3H3. The minimum absolute atomic E-state index is 0.456. The molecule has 0 amide bonds. The number of hydrogen-bond donors (Lipinski definition) is 1. The van der Waals surface area contributed by atoms with Crippen LogP contribution in [-0.2, 0) is 6.54 Å². The van der Waals surface area contributed by atoms with Crippen molar-refractivity contribution in [3.8, 4) is 0 Å². The second-order valence-corrected chi connectivity index (χ2v) is 5.95. The van der Waals surface area contributed by atoms with Gasteiger partial charge < -0.3 is 10.2 Å². The molecule has 0 bridgehead atoms. The van der Waals surface area contributed by atoms with E-state index in [-0.39, 0.29) is 0 Å². The van der Waals surface area contributed by atoms with E-state index in [9.17, 15) is 0 Å². The summed E-state index contributed by atoms with van der Waals surface area (Å²) in [7, 11) is 0. The SMILES string of the molecule is CCCN(c1ccc(Cl)c(CNC2CC2)n1)C(C)C. The minimum atomic E-state index is 0.456. The lowest BCUT2D eigenvalue weighted by atomic mass is 10.2. The average Bonchev–Trinajstić information content (AvgIpc) is 3.19. The van der Waals surface area contributed by atoms with Crippen LogP contribution in [0.3, 0.4) is 0 Å². The first kappa shape index (κ1) is 14.6. The van der Waals surface area contributed by atoms with Crippen LogP contribution in [0.4, 0.5) is 5.82 Å². The molecule has 1 aliphatic rings. The van der Waals surface area contributed by atoms with Gasteiger partial charge >= 0.3 is 0 Å². The molecule has 1 aromatic heterocycles. The summed E-state index contributed by atoms with van der Waals surface area (Å²) in [6.07, 6.45) is 3.69. The molecule has 0 aliphatic heterocycles. The highest BCUT2D eigenvalue weighted by Gasteiger charge is 2.21. The summed E-state index contributed by atoms with van der Waals surface area (Å²) < 4.78 is 0. The Bertz CT molecular complexity index is 416. The molecule has 1 fully saturated rings. The summed E-state index contributed by atoms with van der Waals surface area (Å²) in [6, 6.07) is 5.13. The van der Waals surface area contributed by atoms with E-state index >= 15 is 0 Å². The van der Waals surface area contributed by atoms with Gasteiger partial charge in [0.2, 0.25) is 0 Å². The molecule has 1 saturated carbocycles. The van der Waals surface area contributed by atoms with Gasteiger partial charge in [0, 0.05) is 25.2 Å². The lowest BCUT2D eigenvalue weighted by Crippen LogP contribution is -2.32. The molecule has 0 aromatic carbocycles. The number of nitrogens with zero attached hydrogens (tertiary/aromatic N) is 2. The van der Waals surface area contributed by atoms with Crippen molar-refractivity contribution in [1.29, 1.82) is 0 Å². The molecule has 0 atom stereocenters. The van der Waals surface area contributed by atoms with Crippen LogP contribution in [0.1, 0.15) is 45.7 Å². The Morgan fingerprint density at radius 1 is 1.42 bits per heavy atom. The largest absolute Gasteiger partial charge is 0.354 e. The van der Waals surface area contributed by atoms with Gasteiger partial charge in [0.25, 0.3) is 0 Å². The molecule has 0 spiro atoms. The summed E-state index contributed by atoms with van der Waals surface area (Å²) in [6.45, 7) is 8.40. The first-order valence-corrected chi connectivity index (χ1v) is 7.65. The van der Waals surface area contributed by atoms with Gasteiger partial charge in [-0.05, 0) is 45.2 Å². The predicted molar refractivity (Wildman–Crippen MR) is 81.9 cm³/mol. The Kier molecular flexibility index (Phi) is 5.06. The van der Waals surface area contributed by atoms with Crippen LogP contribution < -0.4 is 10.2 Å². The van der Waals surface area contributed by atoms with Gasteiger partial charge in [-0.25, -0.2) is 4.98 Å². The van der Waals surface area contributed by atoms with Crippen molar-refractivity contribution in [3.63, 3.8) is 0 Å². The summed E-state index contributed by atoms with van der Waals surface area (Å²) in [5.41, 5.74) is 0.966. The van der Waals surface area contributed by atoms with E-state index in [2.05, 4.69) is 31.0 Å². The van der Waals surface area contributed by atoms with E-state index in [1.165, 1.54) is 12.8 Å². The lowest BCUT2D eigenvalue weighted by molar-refractivity contribution is 0.648. The normalized spacial score (nSPS) is 15.0. The number of rotatable bonds is 7. The monoisotopic (exact) mass is 281 g/mol. The fourth-order valence-electron chi connectivity index (χ4n) is 2.16. The zero-order chi connectivity index (χ0) is 13.8. The van der Waals surface area contributed by atoms with Crippen molar-refractivity contribution in [2.75, 3.05) is 11.4 Å². The highest BCUT2D eigenvalue weighted by atomic mass is 35.5. The third-order valence-electron chi connectivity index (χ3n) is 3.42. The Labute approximate surface area is 121 Å². The molecule has 1 heterocycles. The Morgan fingerprint density at radius 3 is 2.74 bits per heavy atom. The highest BCUT2D eigenvalue weighted by Crippen LogP contribution is 2.23. The molecule has 0 saturated heterocycles. The maximum absolute atomic E-state index is 6.24. The first-order chi connectivity index (χ1) is 9.11. The predicted octanol–water partition coefficient (Wildman–Crippen LogP) is 3.61. The maximum atomic E-state index is 6.24. The van der Waals surface area contributed by atoms with Gasteiger partial charge in [0.1, 0.15) is 5.82 Å². The Hall–Kier alpha value is -0.800. The number of aromatic nitrogens is 1. The summed E-state index contributed by atoms with van der Waals surface area (Å²) in [5, 5.41) is 4.24. The highest BCUT2D eigenvalue weighted by molar-refractivity contribution is 6.31. The molecule has 1 aromatic rings. The van der Waals surface area contributed by atoms with Crippen molar-refractivity contribution in [1.82, 2.24) is 10.3 Å². The summed E-state index contributed by atoms with van der Waals surface area (Å²) in [5.74, 6) is 1.04. The van der Waals surface area contributed by atoms with Gasteiger partial charge in [-0.1, -0.05) is 18.5 Å². The maximum Gasteiger partial charge on any atom is 0.129 e. The zero-order valence-corrected chi connectivity index (χ0v) is 12.9. The van der Waals surface area contributed by atoms with Crippen LogP contribution in [0.5, 0.6) is 0 Å². The fourth-order valence-corrected chi connectivity index (χ4v) is 2.34. The molecule has 1 aliphatic carbocycles. The van der Waals surface area contributed by atoms with Crippen LogP contribution in [-0.4, -0.2) is 23.6 Å². The fraction of sp³-hybridized carbons (Fsp3) is 0.667. The van der Waals surface area contributed by atoms with Crippen molar-refractivity contribution in [3.05, 3.63) is 22.8 Å². The molecule has 2 rings (SSSR count). The van der Waals surface area contributed by atoms with E-state index in [0.29, 0.717) is 12.1 Å². The van der Waals surface area contributed by atoms with Crippen molar-refractivity contribution >= 4 is 17.4 Å². The average molecular weight is 282 g/mol. The van der Waals surface area contributed by atoms with Gasteiger partial charge in [0.15, 0.2) is 0 Å². The lowest BCUT2D eigenvalue weighted by Gasteiger charge is -2.28. The molecular formula is C15H24ClN3. The smallest absolute Gasteiger partial charge is 0.129 e. The van der Waals surface area contributed by atoms with Crippen LogP contribution in [0.15, 0.2) is 12.1 Å².